The van der Waals surface area contributed by atoms with Gasteiger partial charge < -0.3 is 14.7 Å². The largest absolute Gasteiger partial charge is 0.390 e. The Morgan fingerprint density at radius 3 is 2.86 bits per heavy atom. The number of rotatable bonds is 4. The lowest BCUT2D eigenvalue weighted by Gasteiger charge is -2.35. The molecule has 2 atom stereocenters. The van der Waals surface area contributed by atoms with E-state index in [0.717, 1.165) is 18.9 Å². The van der Waals surface area contributed by atoms with E-state index in [0.29, 0.717) is 13.0 Å². The van der Waals surface area contributed by atoms with Crippen LogP contribution in [0.1, 0.15) is 12.0 Å². The van der Waals surface area contributed by atoms with E-state index in [2.05, 4.69) is 22.1 Å². The van der Waals surface area contributed by atoms with Gasteiger partial charge in [-0.2, -0.15) is 5.10 Å². The molecule has 0 amide bonds. The normalized spacial score (nSPS) is 22.5. The molecule has 0 spiro atoms. The Balaban J connectivity index is 1.67. The summed E-state index contributed by atoms with van der Waals surface area (Å²) >= 11 is 0. The van der Waals surface area contributed by atoms with Crippen LogP contribution >= 0.6 is 0 Å². The molecule has 1 aliphatic rings. The van der Waals surface area contributed by atoms with Crippen LogP contribution in [0.25, 0.3) is 0 Å². The Morgan fingerprint density at radius 2 is 2.10 bits per heavy atom. The smallest absolute Gasteiger partial charge is 0.150 e. The van der Waals surface area contributed by atoms with E-state index in [1.165, 1.54) is 5.56 Å². The number of benzene rings is 1. The van der Waals surface area contributed by atoms with Crippen molar-refractivity contribution >= 4 is 5.82 Å². The Labute approximate surface area is 124 Å². The molecule has 2 heterocycles. The summed E-state index contributed by atoms with van der Waals surface area (Å²) in [5.74, 6) is 0.944. The van der Waals surface area contributed by atoms with Gasteiger partial charge in [0, 0.05) is 32.5 Å². The van der Waals surface area contributed by atoms with Gasteiger partial charge in [-0.1, -0.05) is 30.3 Å². The lowest BCUT2D eigenvalue weighted by atomic mass is 10.1. The molecule has 21 heavy (non-hydrogen) atoms. The highest BCUT2D eigenvalue weighted by Crippen LogP contribution is 2.20. The third kappa shape index (κ3) is 3.25. The molecule has 5 heteroatoms. The summed E-state index contributed by atoms with van der Waals surface area (Å²) in [6.45, 7) is 2.26. The van der Waals surface area contributed by atoms with E-state index in [1.54, 1.807) is 7.11 Å². The minimum Gasteiger partial charge on any atom is -0.390 e. The molecule has 1 aromatic heterocycles. The number of anilines is 1. The number of piperidine rings is 1. The number of methoxy groups -OCH3 is 1. The van der Waals surface area contributed by atoms with Gasteiger partial charge in [0.2, 0.25) is 0 Å². The van der Waals surface area contributed by atoms with Gasteiger partial charge in [0.05, 0.1) is 12.6 Å². The zero-order valence-electron chi connectivity index (χ0n) is 12.2. The highest BCUT2D eigenvalue weighted by molar-refractivity contribution is 5.38. The maximum Gasteiger partial charge on any atom is 0.150 e. The molecule has 3 rings (SSSR count). The number of ether oxygens (including phenoxy) is 1. The van der Waals surface area contributed by atoms with Crippen LogP contribution in [0.5, 0.6) is 0 Å². The molecule has 2 aromatic rings. The average Bonchev–Trinajstić information content (AvgIpc) is 2.97. The Hall–Kier alpha value is -1.85. The van der Waals surface area contributed by atoms with Gasteiger partial charge in [-0.3, -0.25) is 4.68 Å². The van der Waals surface area contributed by atoms with Crippen molar-refractivity contribution in [2.45, 2.75) is 25.2 Å². The zero-order chi connectivity index (χ0) is 14.7. The van der Waals surface area contributed by atoms with Gasteiger partial charge in [-0.15, -0.1) is 0 Å². The number of aliphatic hydroxyl groups excluding tert-OH is 1. The Morgan fingerprint density at radius 1 is 1.29 bits per heavy atom. The van der Waals surface area contributed by atoms with Crippen LogP contribution < -0.4 is 4.90 Å². The third-order valence-electron chi connectivity index (χ3n) is 3.96. The lowest BCUT2D eigenvalue weighted by molar-refractivity contribution is -0.0207. The second kappa shape index (κ2) is 6.28. The van der Waals surface area contributed by atoms with Crippen molar-refractivity contribution in [1.29, 1.82) is 0 Å². The van der Waals surface area contributed by atoms with Crippen molar-refractivity contribution in [1.82, 2.24) is 9.78 Å². The standard InChI is InChI=1S/C16H21N3O2/c1-21-15-12-18(9-7-14(15)20)16-8-10-19(17-16)11-13-5-3-2-4-6-13/h2-6,8,10,14-15,20H,7,9,11-12H2,1H3/t14-,15+/m1/s1. The van der Waals surface area contributed by atoms with E-state index in [4.69, 9.17) is 4.74 Å². The maximum atomic E-state index is 9.86. The molecule has 0 aliphatic carbocycles. The van der Waals surface area contributed by atoms with Crippen LogP contribution in [0.2, 0.25) is 0 Å². The predicted molar refractivity (Wildman–Crippen MR) is 81.4 cm³/mol. The van der Waals surface area contributed by atoms with E-state index < -0.39 is 0 Å². The summed E-state index contributed by atoms with van der Waals surface area (Å²) in [4.78, 5) is 2.17. The summed E-state index contributed by atoms with van der Waals surface area (Å²) in [5.41, 5.74) is 1.23. The summed E-state index contributed by atoms with van der Waals surface area (Å²) < 4.78 is 7.27. The van der Waals surface area contributed by atoms with Crippen LogP contribution in [0.3, 0.4) is 0 Å². The summed E-state index contributed by atoms with van der Waals surface area (Å²) in [6, 6.07) is 12.3. The molecule has 1 aliphatic heterocycles. The number of hydrogen-bond acceptors (Lipinski definition) is 4. The number of hydrogen-bond donors (Lipinski definition) is 1. The summed E-state index contributed by atoms with van der Waals surface area (Å²) in [7, 11) is 1.64. The molecule has 1 saturated heterocycles. The topological polar surface area (TPSA) is 50.5 Å². The van der Waals surface area contributed by atoms with Gasteiger partial charge in [0.1, 0.15) is 6.10 Å². The van der Waals surface area contributed by atoms with Crippen LogP contribution in [0, 0.1) is 0 Å². The molecule has 112 valence electrons. The molecule has 0 unspecified atom stereocenters. The SMILES string of the molecule is CO[C@H]1CN(c2ccn(Cc3ccccc3)n2)CC[C@H]1O. The second-order valence-electron chi connectivity index (χ2n) is 5.43. The molecule has 1 fully saturated rings. The molecule has 0 bridgehead atoms. The maximum absolute atomic E-state index is 9.86. The summed E-state index contributed by atoms with van der Waals surface area (Å²) in [6.07, 6.45) is 2.19. The fourth-order valence-electron chi connectivity index (χ4n) is 2.72. The van der Waals surface area contributed by atoms with Gasteiger partial charge >= 0.3 is 0 Å². The fourth-order valence-corrected chi connectivity index (χ4v) is 2.72. The number of nitrogens with zero attached hydrogens (tertiary/aromatic N) is 3. The van der Waals surface area contributed by atoms with E-state index in [9.17, 15) is 5.11 Å². The van der Waals surface area contributed by atoms with Crippen molar-refractivity contribution in [2.24, 2.45) is 0 Å². The fraction of sp³-hybridized carbons (Fsp3) is 0.438. The van der Waals surface area contributed by atoms with E-state index >= 15 is 0 Å². The molecule has 1 N–H and O–H groups in total. The molecule has 0 saturated carbocycles. The predicted octanol–water partition coefficient (Wildman–Crippen LogP) is 1.52. The van der Waals surface area contributed by atoms with E-state index in [-0.39, 0.29) is 12.2 Å². The van der Waals surface area contributed by atoms with Crippen molar-refractivity contribution in [3.8, 4) is 0 Å². The highest BCUT2D eigenvalue weighted by Gasteiger charge is 2.28. The number of aromatic nitrogens is 2. The highest BCUT2D eigenvalue weighted by atomic mass is 16.5. The molecule has 1 aromatic carbocycles. The van der Waals surface area contributed by atoms with Crippen molar-refractivity contribution < 1.29 is 9.84 Å². The van der Waals surface area contributed by atoms with Crippen LogP contribution in [0.15, 0.2) is 42.6 Å². The average molecular weight is 287 g/mol. The Kier molecular flexibility index (Phi) is 4.22. The monoisotopic (exact) mass is 287 g/mol. The van der Waals surface area contributed by atoms with Crippen molar-refractivity contribution in [3.05, 3.63) is 48.2 Å². The van der Waals surface area contributed by atoms with Crippen LogP contribution in [0.4, 0.5) is 5.82 Å². The first-order chi connectivity index (χ1) is 10.3. The van der Waals surface area contributed by atoms with Gasteiger partial charge in [-0.25, -0.2) is 0 Å². The minimum atomic E-state index is -0.377. The van der Waals surface area contributed by atoms with Crippen LogP contribution in [-0.4, -0.2) is 47.3 Å². The second-order valence-corrected chi connectivity index (χ2v) is 5.43. The first-order valence-electron chi connectivity index (χ1n) is 7.29. The quantitative estimate of drug-likeness (QED) is 0.926. The first kappa shape index (κ1) is 14.1. The first-order valence-corrected chi connectivity index (χ1v) is 7.29. The summed E-state index contributed by atoms with van der Waals surface area (Å²) in [5, 5.41) is 14.5. The van der Waals surface area contributed by atoms with Gasteiger partial charge in [0.25, 0.3) is 0 Å². The molecular weight excluding hydrogens is 266 g/mol. The Bertz CT molecular complexity index is 570. The zero-order valence-corrected chi connectivity index (χ0v) is 12.2. The van der Waals surface area contributed by atoms with Gasteiger partial charge in [-0.05, 0) is 12.0 Å². The number of aliphatic hydroxyl groups is 1. The van der Waals surface area contributed by atoms with Gasteiger partial charge in [0.15, 0.2) is 5.82 Å². The van der Waals surface area contributed by atoms with E-state index in [1.807, 2.05) is 35.1 Å². The molecule has 5 nitrogen and oxygen atoms in total. The molecule has 0 radical (unpaired) electrons. The molecular formula is C16H21N3O2. The van der Waals surface area contributed by atoms with Crippen molar-refractivity contribution in [3.63, 3.8) is 0 Å². The van der Waals surface area contributed by atoms with Crippen LogP contribution in [-0.2, 0) is 11.3 Å². The van der Waals surface area contributed by atoms with Crippen molar-refractivity contribution in [2.75, 3.05) is 25.1 Å². The lowest BCUT2D eigenvalue weighted by Crippen LogP contribution is -2.47. The third-order valence-corrected chi connectivity index (χ3v) is 3.96. The minimum absolute atomic E-state index is 0.141.